The summed E-state index contributed by atoms with van der Waals surface area (Å²) < 4.78 is 29.0. The average Bonchev–Trinajstić information content (AvgIpc) is 2.98. The van der Waals surface area contributed by atoms with Crippen LogP contribution in [0.4, 0.5) is 0 Å². The Labute approximate surface area is 171 Å². The molecule has 6 nitrogen and oxygen atoms in total. The third kappa shape index (κ3) is 2.86. The largest absolute Gasteiger partial charge is 0.382 e. The number of rotatable bonds is 6. The third-order valence-electron chi connectivity index (χ3n) is 3.70. The van der Waals surface area contributed by atoms with E-state index in [4.69, 9.17) is 96.9 Å². The maximum absolute atomic E-state index is 5.68. The van der Waals surface area contributed by atoms with Crippen molar-refractivity contribution >= 4 is 71.2 Å². The molecule has 25 heavy (non-hydrogen) atoms. The van der Waals surface area contributed by atoms with Crippen LogP contribution in [0.15, 0.2) is 18.2 Å². The summed E-state index contributed by atoms with van der Waals surface area (Å²) in [6, 6.07) is 4.71. The lowest BCUT2D eigenvalue weighted by molar-refractivity contribution is 0.272. The van der Waals surface area contributed by atoms with Crippen molar-refractivity contribution in [2.75, 3.05) is 0 Å². The fraction of sp³-hybridized carbons (Fsp3) is 0.0769. The maximum Gasteiger partial charge on any atom is 0.234 e. The van der Waals surface area contributed by atoms with Gasteiger partial charge in [-0.3, -0.25) is 4.29 Å². The van der Waals surface area contributed by atoms with Crippen molar-refractivity contribution in [1.29, 1.82) is 0 Å². The first-order valence-electron chi connectivity index (χ1n) is 6.25. The van der Waals surface area contributed by atoms with Gasteiger partial charge in [0.2, 0.25) is 11.5 Å². The fourth-order valence-corrected chi connectivity index (χ4v) is 3.64. The predicted molar refractivity (Wildman–Crippen MR) is 93.1 cm³/mol. The second-order valence-corrected chi connectivity index (χ2v) is 5.65. The molecule has 134 valence electrons. The van der Waals surface area contributed by atoms with Gasteiger partial charge in [0.1, 0.15) is 65.4 Å². The van der Waals surface area contributed by atoms with E-state index in [0.29, 0.717) is 22.3 Å². The molecule has 0 spiro atoms. The predicted octanol–water partition coefficient (Wildman–Crippen LogP) is 6.59. The van der Waals surface area contributed by atoms with Gasteiger partial charge in [-0.15, -0.1) is 0 Å². The van der Waals surface area contributed by atoms with Crippen molar-refractivity contribution in [3.8, 4) is 39.9 Å². The molecule has 0 fully saturated rings. The molecule has 2 aromatic rings. The second kappa shape index (κ2) is 7.80. The molecule has 0 aromatic heterocycles. The Hall–Kier alpha value is -0.860. The Morgan fingerprint density at radius 2 is 1.20 bits per heavy atom. The number of hydrogen-bond donors (Lipinski definition) is 0. The Morgan fingerprint density at radius 1 is 0.600 bits per heavy atom. The van der Waals surface area contributed by atoms with Crippen LogP contribution in [0.3, 0.4) is 0 Å². The summed E-state index contributed by atoms with van der Waals surface area (Å²) in [6.45, 7) is 0. The monoisotopic (exact) mass is 466 g/mol. The molecule has 1 aliphatic rings. The van der Waals surface area contributed by atoms with Crippen LogP contribution in [0.25, 0.3) is 11.1 Å². The third-order valence-corrected chi connectivity index (χ3v) is 4.68. The summed E-state index contributed by atoms with van der Waals surface area (Å²) in [6.07, 6.45) is -0.934. The topological polar surface area (TPSA) is 55.4 Å². The van der Waals surface area contributed by atoms with Crippen LogP contribution in [0.2, 0.25) is 0 Å². The molecule has 3 rings (SSSR count). The second-order valence-electron chi connectivity index (χ2n) is 4.70. The van der Waals surface area contributed by atoms with E-state index < -0.39 is 6.10 Å². The van der Waals surface area contributed by atoms with Crippen LogP contribution < -0.4 is 21.4 Å². The van der Waals surface area contributed by atoms with Gasteiger partial charge in [0, 0.05) is 11.1 Å². The first-order chi connectivity index (χ1) is 12.2. The summed E-state index contributed by atoms with van der Waals surface area (Å²) in [5.74, 6) is 0.147. The van der Waals surface area contributed by atoms with E-state index >= 15 is 0 Å². The van der Waals surface area contributed by atoms with Gasteiger partial charge in [-0.2, -0.15) is 0 Å². The van der Waals surface area contributed by atoms with E-state index in [2.05, 4.69) is 0 Å². The first-order valence-corrected chi connectivity index (χ1v) is 8.10. The number of benzene rings is 2. The molecule has 1 unspecified atom stereocenters. The molecule has 0 bridgehead atoms. The van der Waals surface area contributed by atoms with Gasteiger partial charge in [0.05, 0.1) is 11.9 Å². The molecular formula is C13H4Cl6O6. The fourth-order valence-electron chi connectivity index (χ4n) is 2.77. The van der Waals surface area contributed by atoms with Crippen molar-refractivity contribution in [2.45, 2.75) is 6.10 Å². The van der Waals surface area contributed by atoms with Gasteiger partial charge in [-0.25, -0.2) is 0 Å². The molecule has 0 radical (unpaired) electrons. The lowest BCUT2D eigenvalue weighted by atomic mass is 10.0. The zero-order valence-electron chi connectivity index (χ0n) is 11.5. The lowest BCUT2D eigenvalue weighted by Gasteiger charge is -2.15. The zero-order chi connectivity index (χ0) is 18.1. The van der Waals surface area contributed by atoms with Crippen LogP contribution in [-0.2, 0) is 4.29 Å². The number of fused-ring (bicyclic) bond motifs is 3. The van der Waals surface area contributed by atoms with Crippen molar-refractivity contribution in [3.63, 3.8) is 0 Å². The normalized spacial score (nSPS) is 14.6. The van der Waals surface area contributed by atoms with Crippen molar-refractivity contribution < 1.29 is 25.7 Å². The van der Waals surface area contributed by atoms with Gasteiger partial charge in [-0.05, 0) is 29.3 Å². The summed E-state index contributed by atoms with van der Waals surface area (Å²) in [7, 11) is 0. The molecule has 0 heterocycles. The van der Waals surface area contributed by atoms with Crippen molar-refractivity contribution in [1.82, 2.24) is 0 Å². The molecule has 0 aliphatic heterocycles. The Balaban J connectivity index is 2.38. The molecule has 1 atom stereocenters. The van der Waals surface area contributed by atoms with E-state index in [0.717, 1.165) is 0 Å². The maximum atomic E-state index is 5.68. The van der Waals surface area contributed by atoms with E-state index in [1.165, 1.54) is 12.1 Å². The quantitative estimate of drug-likeness (QED) is 0.476. The van der Waals surface area contributed by atoms with Crippen LogP contribution >= 0.6 is 71.2 Å². The highest BCUT2D eigenvalue weighted by atomic mass is 35.5. The average molecular weight is 469 g/mol. The van der Waals surface area contributed by atoms with E-state index in [1.54, 1.807) is 6.07 Å². The molecule has 0 saturated carbocycles. The summed E-state index contributed by atoms with van der Waals surface area (Å²) >= 11 is 33.2. The number of halogens is 6. The van der Waals surface area contributed by atoms with Crippen molar-refractivity contribution in [3.05, 3.63) is 29.3 Å². The van der Waals surface area contributed by atoms with Gasteiger partial charge in [0.15, 0.2) is 17.2 Å². The van der Waals surface area contributed by atoms with Crippen LogP contribution in [0.5, 0.6) is 28.7 Å². The van der Waals surface area contributed by atoms with E-state index in [9.17, 15) is 0 Å². The molecule has 12 heteroatoms. The van der Waals surface area contributed by atoms with Crippen LogP contribution in [0, 0.1) is 0 Å². The minimum Gasteiger partial charge on any atom is -0.382 e. The molecule has 2 aromatic carbocycles. The molecule has 0 N–H and O–H groups in total. The van der Waals surface area contributed by atoms with Crippen LogP contribution in [0.1, 0.15) is 17.2 Å². The van der Waals surface area contributed by atoms with Crippen molar-refractivity contribution in [2.24, 2.45) is 0 Å². The highest BCUT2D eigenvalue weighted by molar-refractivity contribution is 6.13. The van der Waals surface area contributed by atoms with Crippen LogP contribution in [-0.4, -0.2) is 0 Å². The number of hydrogen-bond acceptors (Lipinski definition) is 6. The minimum atomic E-state index is -0.934. The summed E-state index contributed by atoms with van der Waals surface area (Å²) in [5.41, 5.74) is 1.91. The molecule has 1 aliphatic carbocycles. The Kier molecular flexibility index (Phi) is 5.90. The van der Waals surface area contributed by atoms with Gasteiger partial charge in [-0.1, -0.05) is 0 Å². The standard InChI is InChI=1S/C13H4Cl6O6/c14-20-6-2-1-4-5-3-7(21-15)11(23-17)13(25-19)9(5)12(24-18)8(4)10(6)22-16/h1-3,12H. The van der Waals surface area contributed by atoms with Gasteiger partial charge >= 0.3 is 0 Å². The lowest BCUT2D eigenvalue weighted by Crippen LogP contribution is -2.01. The SMILES string of the molecule is ClOc1cc2c(c(OCl)c1OCl)C(OCl)c1c-2ccc(OCl)c1OCl. The van der Waals surface area contributed by atoms with Gasteiger partial charge in [0.25, 0.3) is 0 Å². The zero-order valence-corrected chi connectivity index (χ0v) is 16.1. The Bertz CT molecular complexity index is 816. The van der Waals surface area contributed by atoms with Gasteiger partial charge < -0.3 is 21.4 Å². The minimum absolute atomic E-state index is 0.0273. The Morgan fingerprint density at radius 3 is 1.72 bits per heavy atom. The highest BCUT2D eigenvalue weighted by Gasteiger charge is 2.40. The van der Waals surface area contributed by atoms with E-state index in [1.807, 2.05) is 0 Å². The molecule has 0 amide bonds. The smallest absolute Gasteiger partial charge is 0.234 e. The highest BCUT2D eigenvalue weighted by Crippen LogP contribution is 2.59. The summed E-state index contributed by atoms with van der Waals surface area (Å²) in [4.78, 5) is 0. The first kappa shape index (κ1) is 18.9. The summed E-state index contributed by atoms with van der Waals surface area (Å²) in [5, 5.41) is 0. The molecular weight excluding hydrogens is 465 g/mol. The van der Waals surface area contributed by atoms with E-state index in [-0.39, 0.29) is 28.7 Å². The molecule has 0 saturated heterocycles.